The molecule has 31 heavy (non-hydrogen) atoms. The van der Waals surface area contributed by atoms with Crippen molar-refractivity contribution in [2.24, 2.45) is 10.8 Å². The molecule has 0 aromatic heterocycles. The maximum Gasteiger partial charge on any atom is 0.248 e. The highest BCUT2D eigenvalue weighted by Gasteiger charge is 2.31. The van der Waals surface area contributed by atoms with Crippen LogP contribution < -0.4 is 16.0 Å². The van der Waals surface area contributed by atoms with Gasteiger partial charge in [-0.3, -0.25) is 4.79 Å². The Labute approximate surface area is 196 Å². The van der Waals surface area contributed by atoms with Crippen LogP contribution in [0.25, 0.3) is 0 Å². The predicted molar refractivity (Wildman–Crippen MR) is 134 cm³/mol. The van der Waals surface area contributed by atoms with Gasteiger partial charge in [0.1, 0.15) is 6.04 Å². The normalized spacial score (nSPS) is 15.8. The molecular weight excluding hydrogens is 474 g/mol. The van der Waals surface area contributed by atoms with E-state index in [0.717, 1.165) is 21.4 Å². The molecule has 0 heterocycles. The first kappa shape index (κ1) is 22.7. The van der Waals surface area contributed by atoms with Gasteiger partial charge < -0.3 is 21.0 Å². The average Bonchev–Trinajstić information content (AvgIpc) is 2.74. The molecule has 1 aliphatic carbocycles. The number of nitrogens with one attached hydrogen (secondary N) is 1. The number of anilines is 1. The van der Waals surface area contributed by atoms with Gasteiger partial charge in [-0.2, -0.15) is 5.10 Å². The molecule has 1 unspecified atom stereocenters. The summed E-state index contributed by atoms with van der Waals surface area (Å²) in [4.78, 5) is 15.1. The zero-order valence-corrected chi connectivity index (χ0v) is 19.7. The first-order chi connectivity index (χ1) is 14.8. The third-order valence-corrected chi connectivity index (χ3v) is 5.26. The zero-order chi connectivity index (χ0) is 22.4. The molecule has 0 spiro atoms. The van der Waals surface area contributed by atoms with E-state index in [1.54, 1.807) is 9.91 Å². The number of thiocarbonyl (C=S) groups is 1. The van der Waals surface area contributed by atoms with Gasteiger partial charge in [0.05, 0.1) is 11.8 Å². The molecule has 0 fully saturated rings. The topological polar surface area (TPSA) is 74.0 Å². The SMILES string of the molecule is CN(C)N=C1C=CC(NC(=O)C(c2ccccc2)N(C(N)=S)c2ccc(Br)cc2)C=C1. The van der Waals surface area contributed by atoms with Gasteiger partial charge in [-0.25, -0.2) is 0 Å². The predicted octanol–water partition coefficient (Wildman–Crippen LogP) is 3.77. The molecule has 0 radical (unpaired) electrons. The second kappa shape index (κ2) is 10.4. The summed E-state index contributed by atoms with van der Waals surface area (Å²) < 4.78 is 0.924. The molecule has 160 valence electrons. The van der Waals surface area contributed by atoms with E-state index in [1.807, 2.05) is 93.0 Å². The molecule has 8 heteroatoms. The molecule has 0 saturated heterocycles. The molecule has 1 amide bonds. The molecule has 6 nitrogen and oxygen atoms in total. The van der Waals surface area contributed by atoms with E-state index in [0.29, 0.717) is 0 Å². The lowest BCUT2D eigenvalue weighted by molar-refractivity contribution is -0.122. The lowest BCUT2D eigenvalue weighted by Crippen LogP contribution is -2.48. The third kappa shape index (κ3) is 6.02. The van der Waals surface area contributed by atoms with Crippen LogP contribution in [0.4, 0.5) is 5.69 Å². The first-order valence-electron chi connectivity index (χ1n) is 9.67. The number of nitrogens with zero attached hydrogens (tertiary/aromatic N) is 3. The van der Waals surface area contributed by atoms with Crippen LogP contribution in [0, 0.1) is 0 Å². The summed E-state index contributed by atoms with van der Waals surface area (Å²) in [5.41, 5.74) is 8.43. The highest BCUT2D eigenvalue weighted by atomic mass is 79.9. The zero-order valence-electron chi connectivity index (χ0n) is 17.3. The summed E-state index contributed by atoms with van der Waals surface area (Å²) in [7, 11) is 3.72. The first-order valence-corrected chi connectivity index (χ1v) is 10.9. The summed E-state index contributed by atoms with van der Waals surface area (Å²) in [6.45, 7) is 0. The van der Waals surface area contributed by atoms with E-state index in [-0.39, 0.29) is 17.1 Å². The Morgan fingerprint density at radius 1 is 1.10 bits per heavy atom. The smallest absolute Gasteiger partial charge is 0.248 e. The molecular formula is C23H24BrN5OS. The third-order valence-electron chi connectivity index (χ3n) is 4.54. The standard InChI is InChI=1S/C23H24BrN5OS/c1-28(2)27-19-12-10-18(11-13-19)26-22(30)21(16-6-4-3-5-7-16)29(23(25)31)20-14-8-17(24)9-15-20/h3-15,18,21H,1-2H3,(H2,25,31)(H,26,30). The minimum absolute atomic E-state index is 0.112. The van der Waals surface area contributed by atoms with Gasteiger partial charge in [0.15, 0.2) is 5.11 Å². The number of rotatable bonds is 6. The molecule has 1 atom stereocenters. The van der Waals surface area contributed by atoms with Crippen LogP contribution in [0.1, 0.15) is 11.6 Å². The average molecular weight is 498 g/mol. The second-order valence-electron chi connectivity index (χ2n) is 7.12. The van der Waals surface area contributed by atoms with Crippen molar-refractivity contribution in [3.63, 3.8) is 0 Å². The summed E-state index contributed by atoms with van der Waals surface area (Å²) >= 11 is 8.79. The highest BCUT2D eigenvalue weighted by Crippen LogP contribution is 2.29. The van der Waals surface area contributed by atoms with E-state index in [2.05, 4.69) is 26.3 Å². The number of halogens is 1. The number of carbonyl (C=O) groups is 1. The minimum atomic E-state index is -0.724. The largest absolute Gasteiger partial charge is 0.376 e. The molecule has 2 aromatic carbocycles. The number of amides is 1. The van der Waals surface area contributed by atoms with Crippen LogP contribution in [0.15, 0.2) is 88.5 Å². The molecule has 1 aliphatic rings. The Morgan fingerprint density at radius 3 is 2.26 bits per heavy atom. The van der Waals surface area contributed by atoms with Gasteiger partial charge in [0, 0.05) is 24.3 Å². The molecule has 3 rings (SSSR count). The number of allylic oxidation sites excluding steroid dienone is 2. The Morgan fingerprint density at radius 2 is 1.71 bits per heavy atom. The maximum absolute atomic E-state index is 13.5. The number of hydrogen-bond acceptors (Lipinski definition) is 4. The summed E-state index contributed by atoms with van der Waals surface area (Å²) in [5, 5.41) is 9.25. The number of benzene rings is 2. The van der Waals surface area contributed by atoms with Gasteiger partial charge in [0.25, 0.3) is 0 Å². The van der Waals surface area contributed by atoms with Crippen LogP contribution in [0.5, 0.6) is 0 Å². The fourth-order valence-electron chi connectivity index (χ4n) is 3.22. The summed E-state index contributed by atoms with van der Waals surface area (Å²) in [5.74, 6) is -0.214. The monoisotopic (exact) mass is 497 g/mol. The molecule has 0 bridgehead atoms. The molecule has 3 N–H and O–H groups in total. The van der Waals surface area contributed by atoms with Crippen LogP contribution in [0.2, 0.25) is 0 Å². The maximum atomic E-state index is 13.5. The van der Waals surface area contributed by atoms with Crippen molar-refractivity contribution in [3.8, 4) is 0 Å². The van der Waals surface area contributed by atoms with Crippen LogP contribution >= 0.6 is 28.1 Å². The van der Waals surface area contributed by atoms with Gasteiger partial charge in [-0.15, -0.1) is 0 Å². The highest BCUT2D eigenvalue weighted by molar-refractivity contribution is 9.10. The Kier molecular flexibility index (Phi) is 7.59. The summed E-state index contributed by atoms with van der Waals surface area (Å²) in [6.07, 6.45) is 7.55. The fraction of sp³-hybridized carbons (Fsp3) is 0.174. The van der Waals surface area contributed by atoms with Gasteiger partial charge in [-0.05, 0) is 54.2 Å². The summed E-state index contributed by atoms with van der Waals surface area (Å²) in [6, 6.07) is 16.0. The van der Waals surface area contributed by atoms with Gasteiger partial charge in [0.2, 0.25) is 5.91 Å². The van der Waals surface area contributed by atoms with Crippen molar-refractivity contribution < 1.29 is 4.79 Å². The van der Waals surface area contributed by atoms with Crippen molar-refractivity contribution in [2.45, 2.75) is 12.1 Å². The second-order valence-corrected chi connectivity index (χ2v) is 8.46. The Hall–Kier alpha value is -2.97. The van der Waals surface area contributed by atoms with E-state index < -0.39 is 6.04 Å². The van der Waals surface area contributed by atoms with E-state index in [1.165, 1.54) is 0 Å². The van der Waals surface area contributed by atoms with Crippen LogP contribution in [-0.4, -0.2) is 41.9 Å². The molecule has 0 aliphatic heterocycles. The van der Waals surface area contributed by atoms with Gasteiger partial charge >= 0.3 is 0 Å². The lowest BCUT2D eigenvalue weighted by Gasteiger charge is -2.32. The van der Waals surface area contributed by atoms with Crippen LogP contribution in [-0.2, 0) is 4.79 Å². The fourth-order valence-corrected chi connectivity index (χ4v) is 3.69. The Bertz CT molecular complexity index is 1000. The number of nitrogens with two attached hydrogens (primary N) is 1. The van der Waals surface area contributed by atoms with Crippen molar-refractivity contribution >= 4 is 50.6 Å². The molecule has 2 aromatic rings. The number of hydrogen-bond donors (Lipinski definition) is 2. The minimum Gasteiger partial charge on any atom is -0.376 e. The quantitative estimate of drug-likeness (QED) is 0.469. The van der Waals surface area contributed by atoms with Crippen molar-refractivity contribution in [1.82, 2.24) is 10.3 Å². The van der Waals surface area contributed by atoms with E-state index >= 15 is 0 Å². The lowest BCUT2D eigenvalue weighted by atomic mass is 10.0. The van der Waals surface area contributed by atoms with Gasteiger partial charge in [-0.1, -0.05) is 58.4 Å². The van der Waals surface area contributed by atoms with E-state index in [4.69, 9.17) is 18.0 Å². The van der Waals surface area contributed by atoms with Crippen LogP contribution in [0.3, 0.4) is 0 Å². The number of hydrazone groups is 1. The Balaban J connectivity index is 1.91. The van der Waals surface area contributed by atoms with E-state index in [9.17, 15) is 4.79 Å². The number of carbonyl (C=O) groups excluding carboxylic acids is 1. The van der Waals surface area contributed by atoms with Crippen molar-refractivity contribution in [1.29, 1.82) is 0 Å². The molecule has 0 saturated carbocycles. The van der Waals surface area contributed by atoms with Crippen molar-refractivity contribution in [2.75, 3.05) is 19.0 Å². The van der Waals surface area contributed by atoms with Crippen molar-refractivity contribution in [3.05, 3.63) is 88.9 Å².